The van der Waals surface area contributed by atoms with E-state index in [1.54, 1.807) is 18.5 Å². The molecule has 0 amide bonds. The SMILES string of the molecule is NC(=S)c1ccncc1Nc1c(Cl)cc(F)cc1Br. The Bertz CT molecular complexity index is 628. The van der Waals surface area contributed by atoms with Crippen molar-refractivity contribution in [1.82, 2.24) is 4.98 Å². The van der Waals surface area contributed by atoms with E-state index < -0.39 is 5.82 Å². The first-order valence-electron chi connectivity index (χ1n) is 5.14. The van der Waals surface area contributed by atoms with Gasteiger partial charge < -0.3 is 11.1 Å². The van der Waals surface area contributed by atoms with E-state index >= 15 is 0 Å². The van der Waals surface area contributed by atoms with Gasteiger partial charge in [0.25, 0.3) is 0 Å². The summed E-state index contributed by atoms with van der Waals surface area (Å²) in [4.78, 5) is 4.23. The van der Waals surface area contributed by atoms with Gasteiger partial charge in [0.05, 0.1) is 22.6 Å². The predicted molar refractivity (Wildman–Crippen MR) is 82.5 cm³/mol. The summed E-state index contributed by atoms with van der Waals surface area (Å²) in [5.74, 6) is -0.428. The van der Waals surface area contributed by atoms with Crippen molar-refractivity contribution in [2.45, 2.75) is 0 Å². The zero-order chi connectivity index (χ0) is 14.0. The predicted octanol–water partition coefficient (Wildman–Crippen LogP) is 4.01. The molecule has 0 saturated heterocycles. The highest BCUT2D eigenvalue weighted by atomic mass is 79.9. The average molecular weight is 361 g/mol. The molecule has 0 atom stereocenters. The number of nitrogens with one attached hydrogen (secondary N) is 1. The third-order valence-corrected chi connectivity index (χ3v) is 3.50. The number of aromatic nitrogens is 1. The second-order valence-corrected chi connectivity index (χ2v) is 5.36. The van der Waals surface area contributed by atoms with Crippen molar-refractivity contribution in [3.63, 3.8) is 0 Å². The number of hydrogen-bond acceptors (Lipinski definition) is 3. The van der Waals surface area contributed by atoms with Crippen LogP contribution >= 0.6 is 39.7 Å². The van der Waals surface area contributed by atoms with Crippen LogP contribution in [0.25, 0.3) is 0 Å². The van der Waals surface area contributed by atoms with Gasteiger partial charge in [-0.2, -0.15) is 0 Å². The van der Waals surface area contributed by atoms with Gasteiger partial charge in [-0.25, -0.2) is 4.39 Å². The molecule has 3 nitrogen and oxygen atoms in total. The van der Waals surface area contributed by atoms with E-state index in [2.05, 4.69) is 26.2 Å². The number of hydrogen-bond donors (Lipinski definition) is 2. The molecule has 19 heavy (non-hydrogen) atoms. The highest BCUT2D eigenvalue weighted by Crippen LogP contribution is 2.34. The highest BCUT2D eigenvalue weighted by Gasteiger charge is 2.11. The first kappa shape index (κ1) is 14.2. The van der Waals surface area contributed by atoms with Gasteiger partial charge in [0.15, 0.2) is 0 Å². The minimum atomic E-state index is -0.428. The van der Waals surface area contributed by atoms with Crippen LogP contribution in [-0.4, -0.2) is 9.97 Å². The second-order valence-electron chi connectivity index (χ2n) is 3.65. The first-order chi connectivity index (χ1) is 8.99. The van der Waals surface area contributed by atoms with E-state index in [0.717, 1.165) is 0 Å². The molecule has 7 heteroatoms. The fourth-order valence-electron chi connectivity index (χ4n) is 1.51. The number of halogens is 3. The van der Waals surface area contributed by atoms with E-state index in [0.29, 0.717) is 21.4 Å². The van der Waals surface area contributed by atoms with Crippen LogP contribution in [0.5, 0.6) is 0 Å². The van der Waals surface area contributed by atoms with Crippen LogP contribution in [-0.2, 0) is 0 Å². The normalized spacial score (nSPS) is 10.3. The summed E-state index contributed by atoms with van der Waals surface area (Å²) in [7, 11) is 0. The van der Waals surface area contributed by atoms with Crippen molar-refractivity contribution in [2.24, 2.45) is 5.73 Å². The monoisotopic (exact) mass is 359 g/mol. The van der Waals surface area contributed by atoms with Crippen molar-refractivity contribution in [3.05, 3.63) is 51.5 Å². The van der Waals surface area contributed by atoms with Crippen LogP contribution in [0.3, 0.4) is 0 Å². The number of anilines is 2. The molecule has 0 aliphatic rings. The van der Waals surface area contributed by atoms with Crippen molar-refractivity contribution >= 4 is 56.1 Å². The Kier molecular flexibility index (Phi) is 4.34. The second kappa shape index (κ2) is 5.81. The van der Waals surface area contributed by atoms with E-state index in [4.69, 9.17) is 29.6 Å². The van der Waals surface area contributed by atoms with Crippen molar-refractivity contribution in [1.29, 1.82) is 0 Å². The van der Waals surface area contributed by atoms with E-state index in [-0.39, 0.29) is 10.0 Å². The van der Waals surface area contributed by atoms with Crippen LogP contribution in [0.2, 0.25) is 5.02 Å². The number of benzene rings is 1. The highest BCUT2D eigenvalue weighted by molar-refractivity contribution is 9.10. The molecule has 98 valence electrons. The van der Waals surface area contributed by atoms with Crippen LogP contribution in [0.1, 0.15) is 5.56 Å². The molecular formula is C12H8BrClFN3S. The van der Waals surface area contributed by atoms with E-state index in [9.17, 15) is 4.39 Å². The zero-order valence-electron chi connectivity index (χ0n) is 9.45. The van der Waals surface area contributed by atoms with Crippen LogP contribution in [0.4, 0.5) is 15.8 Å². The molecule has 0 spiro atoms. The smallest absolute Gasteiger partial charge is 0.125 e. The topological polar surface area (TPSA) is 50.9 Å². The minimum absolute atomic E-state index is 0.235. The van der Waals surface area contributed by atoms with Crippen LogP contribution in [0, 0.1) is 5.82 Å². The first-order valence-corrected chi connectivity index (χ1v) is 6.72. The Labute approximate surface area is 128 Å². The maximum atomic E-state index is 13.2. The Balaban J connectivity index is 2.45. The van der Waals surface area contributed by atoms with E-state index in [1.807, 2.05) is 0 Å². The molecule has 0 radical (unpaired) electrons. The van der Waals surface area contributed by atoms with Gasteiger partial charge >= 0.3 is 0 Å². The summed E-state index contributed by atoms with van der Waals surface area (Å²) in [5.41, 5.74) is 7.39. The van der Waals surface area contributed by atoms with Crippen molar-refractivity contribution < 1.29 is 4.39 Å². The molecule has 0 saturated carbocycles. The lowest BCUT2D eigenvalue weighted by molar-refractivity contribution is 0.627. The molecule has 2 rings (SSSR count). The summed E-state index contributed by atoms with van der Waals surface area (Å²) in [5, 5.41) is 3.28. The maximum absolute atomic E-state index is 13.2. The molecule has 0 bridgehead atoms. The summed E-state index contributed by atoms with van der Waals surface area (Å²) in [6.45, 7) is 0. The van der Waals surface area contributed by atoms with Gasteiger partial charge in [0.1, 0.15) is 10.8 Å². The minimum Gasteiger partial charge on any atom is -0.389 e. The summed E-state index contributed by atoms with van der Waals surface area (Å²) in [6, 6.07) is 4.21. The average Bonchev–Trinajstić information content (AvgIpc) is 2.34. The standard InChI is InChI=1S/C12H8BrClFN3S/c13-8-3-6(15)4-9(14)11(8)18-10-5-17-2-1-7(10)12(16)19/h1-5,18H,(H2,16,19). The van der Waals surface area contributed by atoms with E-state index in [1.165, 1.54) is 12.1 Å². The number of rotatable bonds is 3. The van der Waals surface area contributed by atoms with Crippen LogP contribution in [0.15, 0.2) is 35.1 Å². The molecule has 1 aromatic carbocycles. The molecule has 3 N–H and O–H groups in total. The Morgan fingerprint density at radius 1 is 1.47 bits per heavy atom. The van der Waals surface area contributed by atoms with Gasteiger partial charge in [-0.05, 0) is 34.1 Å². The Morgan fingerprint density at radius 3 is 2.84 bits per heavy atom. The Hall–Kier alpha value is -1.24. The summed E-state index contributed by atoms with van der Waals surface area (Å²) < 4.78 is 13.7. The molecule has 0 unspecified atom stereocenters. The Morgan fingerprint density at radius 2 is 2.21 bits per heavy atom. The lowest BCUT2D eigenvalue weighted by Crippen LogP contribution is -2.12. The lowest BCUT2D eigenvalue weighted by atomic mass is 10.2. The van der Waals surface area contributed by atoms with Crippen molar-refractivity contribution in [3.8, 4) is 0 Å². The molecule has 0 aliphatic heterocycles. The lowest BCUT2D eigenvalue weighted by Gasteiger charge is -2.13. The molecule has 1 heterocycles. The molecule has 1 aromatic heterocycles. The number of nitrogens with two attached hydrogens (primary N) is 1. The van der Waals surface area contributed by atoms with Gasteiger partial charge in [-0.15, -0.1) is 0 Å². The number of thiocarbonyl (C=S) groups is 1. The quantitative estimate of drug-likeness (QED) is 0.812. The fourth-order valence-corrected chi connectivity index (χ4v) is 2.58. The molecule has 2 aromatic rings. The molecule has 0 fully saturated rings. The number of pyridine rings is 1. The maximum Gasteiger partial charge on any atom is 0.125 e. The van der Waals surface area contributed by atoms with Gasteiger partial charge in [-0.3, -0.25) is 4.98 Å². The summed E-state index contributed by atoms with van der Waals surface area (Å²) in [6.07, 6.45) is 3.15. The third kappa shape index (κ3) is 3.20. The third-order valence-electron chi connectivity index (χ3n) is 2.35. The number of nitrogens with zero attached hydrogens (tertiary/aromatic N) is 1. The molecule has 0 aliphatic carbocycles. The van der Waals surface area contributed by atoms with Gasteiger partial charge in [0, 0.05) is 16.2 Å². The van der Waals surface area contributed by atoms with Gasteiger partial charge in [-0.1, -0.05) is 23.8 Å². The zero-order valence-corrected chi connectivity index (χ0v) is 12.6. The van der Waals surface area contributed by atoms with Crippen molar-refractivity contribution in [2.75, 3.05) is 5.32 Å². The van der Waals surface area contributed by atoms with Crippen LogP contribution < -0.4 is 11.1 Å². The summed E-state index contributed by atoms with van der Waals surface area (Å²) >= 11 is 14.2. The van der Waals surface area contributed by atoms with Gasteiger partial charge in [0.2, 0.25) is 0 Å². The fraction of sp³-hybridized carbons (Fsp3) is 0. The molecular weight excluding hydrogens is 353 g/mol. The largest absolute Gasteiger partial charge is 0.389 e.